The van der Waals surface area contributed by atoms with E-state index in [0.717, 1.165) is 12.1 Å². The van der Waals surface area contributed by atoms with Gasteiger partial charge in [0, 0.05) is 6.54 Å². The molecular formula is C15H19F3N2O3. The number of carbonyl (C=O) groups excluding carboxylic acids is 2. The minimum Gasteiger partial charge on any atom is -0.351 e. The van der Waals surface area contributed by atoms with E-state index in [2.05, 4.69) is 5.32 Å². The fourth-order valence-corrected chi connectivity index (χ4v) is 2.01. The molecule has 23 heavy (non-hydrogen) atoms. The van der Waals surface area contributed by atoms with E-state index in [9.17, 15) is 22.8 Å². The Morgan fingerprint density at radius 2 is 1.70 bits per heavy atom. The van der Waals surface area contributed by atoms with Crippen molar-refractivity contribution in [2.75, 3.05) is 0 Å². The molecule has 5 nitrogen and oxygen atoms in total. The summed E-state index contributed by atoms with van der Waals surface area (Å²) in [4.78, 5) is 23.5. The van der Waals surface area contributed by atoms with Gasteiger partial charge in [0.05, 0.1) is 5.56 Å². The van der Waals surface area contributed by atoms with Crippen LogP contribution >= 0.6 is 0 Å². The lowest BCUT2D eigenvalue weighted by Crippen LogP contribution is -2.40. The van der Waals surface area contributed by atoms with E-state index in [-0.39, 0.29) is 18.9 Å². The van der Waals surface area contributed by atoms with Crippen molar-refractivity contribution >= 4 is 11.8 Å². The fraction of sp³-hybridized carbons (Fsp3) is 0.467. The Hall–Kier alpha value is -2.09. The summed E-state index contributed by atoms with van der Waals surface area (Å²) in [5, 5.41) is 11.2. The molecule has 8 heteroatoms. The molecule has 0 radical (unpaired) electrons. The summed E-state index contributed by atoms with van der Waals surface area (Å²) in [6.45, 7) is 3.63. The minimum absolute atomic E-state index is 0.00965. The molecule has 0 saturated heterocycles. The van der Waals surface area contributed by atoms with E-state index in [1.54, 1.807) is 0 Å². The Morgan fingerprint density at radius 1 is 1.13 bits per heavy atom. The summed E-state index contributed by atoms with van der Waals surface area (Å²) >= 11 is 0. The molecule has 1 rings (SSSR count). The third kappa shape index (κ3) is 5.90. The topological polar surface area (TPSA) is 78.4 Å². The highest BCUT2D eigenvalue weighted by atomic mass is 19.4. The van der Waals surface area contributed by atoms with Crippen molar-refractivity contribution < 1.29 is 28.0 Å². The molecule has 0 aromatic heterocycles. The van der Waals surface area contributed by atoms with Crippen LogP contribution in [-0.4, -0.2) is 17.0 Å². The molecule has 0 aliphatic rings. The van der Waals surface area contributed by atoms with Gasteiger partial charge >= 0.3 is 6.18 Å². The maximum Gasteiger partial charge on any atom is 0.416 e. The van der Waals surface area contributed by atoms with Gasteiger partial charge in [-0.2, -0.15) is 13.2 Å². The smallest absolute Gasteiger partial charge is 0.351 e. The molecule has 1 aromatic carbocycles. The second-order valence-corrected chi connectivity index (χ2v) is 5.57. The standard InChI is InChI=1S/C15H19F3N2O3/c1-9(2)7-12(14(22)20-23)13(21)19-8-10-3-5-11(6-4-10)15(16,17)18/h3-6,9,12,23H,7-8H2,1-2H3,(H,19,21)(H,20,22). The zero-order valence-corrected chi connectivity index (χ0v) is 12.8. The van der Waals surface area contributed by atoms with E-state index in [1.807, 2.05) is 13.8 Å². The molecule has 0 heterocycles. The molecule has 0 aliphatic carbocycles. The van der Waals surface area contributed by atoms with Crippen LogP contribution in [0.2, 0.25) is 0 Å². The lowest BCUT2D eigenvalue weighted by molar-refractivity contribution is -0.141. The van der Waals surface area contributed by atoms with E-state index < -0.39 is 29.5 Å². The number of rotatable bonds is 6. The third-order valence-corrected chi connectivity index (χ3v) is 3.20. The van der Waals surface area contributed by atoms with Gasteiger partial charge < -0.3 is 5.32 Å². The Bertz CT molecular complexity index is 542. The molecule has 3 N–H and O–H groups in total. The predicted octanol–water partition coefficient (Wildman–Crippen LogP) is 2.49. The lowest BCUT2D eigenvalue weighted by atomic mass is 9.95. The number of halogens is 3. The highest BCUT2D eigenvalue weighted by molar-refractivity contribution is 5.99. The van der Waals surface area contributed by atoms with Crippen LogP contribution in [0.4, 0.5) is 13.2 Å². The van der Waals surface area contributed by atoms with Crippen LogP contribution in [0.5, 0.6) is 0 Å². The summed E-state index contributed by atoms with van der Waals surface area (Å²) in [6, 6.07) is 4.36. The quantitative estimate of drug-likeness (QED) is 0.425. The first kappa shape index (κ1) is 19.0. The van der Waals surface area contributed by atoms with Crippen molar-refractivity contribution in [1.29, 1.82) is 0 Å². The van der Waals surface area contributed by atoms with Gasteiger partial charge in [0.2, 0.25) is 5.91 Å². The molecular weight excluding hydrogens is 313 g/mol. The number of carbonyl (C=O) groups is 2. The molecule has 1 atom stereocenters. The summed E-state index contributed by atoms with van der Waals surface area (Å²) in [7, 11) is 0. The van der Waals surface area contributed by atoms with Crippen molar-refractivity contribution in [2.24, 2.45) is 11.8 Å². The highest BCUT2D eigenvalue weighted by Crippen LogP contribution is 2.29. The molecule has 0 bridgehead atoms. The van der Waals surface area contributed by atoms with E-state index in [4.69, 9.17) is 5.21 Å². The van der Waals surface area contributed by atoms with Gasteiger partial charge in [-0.1, -0.05) is 26.0 Å². The average molecular weight is 332 g/mol. The zero-order valence-electron chi connectivity index (χ0n) is 12.8. The van der Waals surface area contributed by atoms with Gasteiger partial charge in [-0.15, -0.1) is 0 Å². The Kier molecular flexibility index (Phi) is 6.56. The molecule has 1 unspecified atom stereocenters. The Balaban J connectivity index is 2.68. The van der Waals surface area contributed by atoms with Crippen molar-refractivity contribution in [2.45, 2.75) is 33.0 Å². The number of alkyl halides is 3. The van der Waals surface area contributed by atoms with Gasteiger partial charge in [-0.05, 0) is 30.0 Å². The van der Waals surface area contributed by atoms with Crippen LogP contribution in [0.3, 0.4) is 0 Å². The molecule has 0 fully saturated rings. The average Bonchev–Trinajstić information content (AvgIpc) is 2.48. The maximum atomic E-state index is 12.5. The molecule has 0 saturated carbocycles. The molecule has 128 valence electrons. The number of benzene rings is 1. The van der Waals surface area contributed by atoms with Gasteiger partial charge in [-0.3, -0.25) is 14.8 Å². The number of hydrogen-bond acceptors (Lipinski definition) is 3. The van der Waals surface area contributed by atoms with Gasteiger partial charge in [-0.25, -0.2) is 5.48 Å². The zero-order chi connectivity index (χ0) is 17.6. The minimum atomic E-state index is -4.41. The van der Waals surface area contributed by atoms with Crippen LogP contribution in [0.25, 0.3) is 0 Å². The summed E-state index contributed by atoms with van der Waals surface area (Å²) < 4.78 is 37.4. The first-order valence-corrected chi connectivity index (χ1v) is 7.03. The van der Waals surface area contributed by atoms with Crippen molar-refractivity contribution in [3.05, 3.63) is 35.4 Å². The monoisotopic (exact) mass is 332 g/mol. The molecule has 0 aliphatic heterocycles. The third-order valence-electron chi connectivity index (χ3n) is 3.20. The van der Waals surface area contributed by atoms with Crippen LogP contribution in [-0.2, 0) is 22.3 Å². The summed E-state index contributed by atoms with van der Waals surface area (Å²) in [5.74, 6) is -2.42. The van der Waals surface area contributed by atoms with Gasteiger partial charge in [0.25, 0.3) is 5.91 Å². The Morgan fingerprint density at radius 3 is 2.13 bits per heavy atom. The van der Waals surface area contributed by atoms with Crippen LogP contribution in [0.1, 0.15) is 31.4 Å². The predicted molar refractivity (Wildman–Crippen MR) is 76.2 cm³/mol. The second kappa shape index (κ2) is 7.96. The summed E-state index contributed by atoms with van der Waals surface area (Å²) in [5.41, 5.74) is 1.15. The van der Waals surface area contributed by atoms with E-state index in [0.29, 0.717) is 5.56 Å². The molecule has 2 amide bonds. The lowest BCUT2D eigenvalue weighted by Gasteiger charge is -2.17. The SMILES string of the molecule is CC(C)CC(C(=O)NO)C(=O)NCc1ccc(C(F)(F)F)cc1. The first-order valence-electron chi connectivity index (χ1n) is 7.03. The second-order valence-electron chi connectivity index (χ2n) is 5.57. The van der Waals surface area contributed by atoms with Gasteiger partial charge in [0.15, 0.2) is 0 Å². The largest absolute Gasteiger partial charge is 0.416 e. The molecule has 1 aromatic rings. The van der Waals surface area contributed by atoms with Crippen molar-refractivity contribution in [1.82, 2.24) is 10.8 Å². The number of hydroxylamine groups is 1. The number of nitrogens with one attached hydrogen (secondary N) is 2. The first-order chi connectivity index (χ1) is 10.6. The summed E-state index contributed by atoms with van der Waals surface area (Å²) in [6.07, 6.45) is -4.17. The van der Waals surface area contributed by atoms with Crippen LogP contribution in [0.15, 0.2) is 24.3 Å². The highest BCUT2D eigenvalue weighted by Gasteiger charge is 2.30. The van der Waals surface area contributed by atoms with Crippen LogP contribution < -0.4 is 10.8 Å². The number of hydrogen-bond donors (Lipinski definition) is 3. The Labute approximate surface area is 131 Å². The fourth-order valence-electron chi connectivity index (χ4n) is 2.01. The van der Waals surface area contributed by atoms with Crippen LogP contribution in [0, 0.1) is 11.8 Å². The van der Waals surface area contributed by atoms with Crippen molar-refractivity contribution in [3.63, 3.8) is 0 Å². The van der Waals surface area contributed by atoms with E-state index >= 15 is 0 Å². The maximum absolute atomic E-state index is 12.5. The normalized spacial score (nSPS) is 12.8. The van der Waals surface area contributed by atoms with Gasteiger partial charge in [0.1, 0.15) is 5.92 Å². The number of amides is 2. The van der Waals surface area contributed by atoms with Crippen molar-refractivity contribution in [3.8, 4) is 0 Å². The van der Waals surface area contributed by atoms with E-state index in [1.165, 1.54) is 17.6 Å². The molecule has 0 spiro atoms.